The summed E-state index contributed by atoms with van der Waals surface area (Å²) in [6, 6.07) is 0. The maximum Gasteiger partial charge on any atom is 0.0771 e. The molecule has 1 fully saturated rings. The van der Waals surface area contributed by atoms with Crippen LogP contribution in [-0.2, 0) is 0 Å². The molecule has 1 rings (SSSR count). The molecule has 1 saturated heterocycles. The van der Waals surface area contributed by atoms with Crippen molar-refractivity contribution in [1.29, 1.82) is 0 Å². The number of nitrogens with one attached hydrogen (secondary N) is 1. The van der Waals surface area contributed by atoms with Gasteiger partial charge in [-0.05, 0) is 0 Å². The quantitative estimate of drug-likeness (QED) is 0.427. The molecule has 0 amide bonds. The van der Waals surface area contributed by atoms with Gasteiger partial charge in [0.25, 0.3) is 0 Å². The van der Waals surface area contributed by atoms with Crippen LogP contribution >= 0.6 is 12.2 Å². The fraction of sp³-hybridized carbons (Fsp3) is 0.667. The molecule has 1 nitrogen and oxygen atoms in total. The third kappa shape index (κ3) is 0.401. The lowest BCUT2D eigenvalue weighted by Gasteiger charge is -2.14. The van der Waals surface area contributed by atoms with E-state index in [0.717, 1.165) is 18.0 Å². The molecule has 1 heterocycles. The van der Waals surface area contributed by atoms with Crippen LogP contribution in [0.25, 0.3) is 0 Å². The third-order valence-corrected chi connectivity index (χ3v) is 1.02. The Hall–Kier alpha value is -0.110. The second-order valence-corrected chi connectivity index (χ2v) is 1.59. The third-order valence-electron chi connectivity index (χ3n) is 0.674. The van der Waals surface area contributed by atoms with Crippen LogP contribution < -0.4 is 5.32 Å². The van der Waals surface area contributed by atoms with E-state index in [9.17, 15) is 0 Å². The number of hydrogen-bond acceptors (Lipinski definition) is 1. The van der Waals surface area contributed by atoms with Gasteiger partial charge >= 0.3 is 0 Å². The second kappa shape index (κ2) is 0.937. The van der Waals surface area contributed by atoms with Gasteiger partial charge in [-0.15, -0.1) is 0 Å². The summed E-state index contributed by atoms with van der Waals surface area (Å²) in [5.74, 6) is 0. The minimum absolute atomic E-state index is 1.02. The lowest BCUT2D eigenvalue weighted by atomic mass is 10.3. The topological polar surface area (TPSA) is 12.0 Å². The molecule has 2 heteroatoms. The van der Waals surface area contributed by atoms with E-state index in [1.807, 2.05) is 0 Å². The predicted octanol–water partition coefficient (Wildman–Crippen LogP) is 0.307. The first-order valence-electron chi connectivity index (χ1n) is 1.66. The highest BCUT2D eigenvalue weighted by Gasteiger charge is 2.02. The van der Waals surface area contributed by atoms with Crippen molar-refractivity contribution >= 4 is 17.2 Å². The highest BCUT2D eigenvalue weighted by Crippen LogP contribution is 1.89. The molecule has 5 heavy (non-hydrogen) atoms. The van der Waals surface area contributed by atoms with Gasteiger partial charge in [0.1, 0.15) is 0 Å². The first kappa shape index (κ1) is 3.09. The van der Waals surface area contributed by atoms with Crippen molar-refractivity contribution in [3.63, 3.8) is 0 Å². The molecule has 0 spiro atoms. The molecule has 0 aromatic carbocycles. The van der Waals surface area contributed by atoms with E-state index in [1.165, 1.54) is 0 Å². The molecule has 0 radical (unpaired) electrons. The Balaban J connectivity index is 2.32. The molecule has 1 aliphatic rings. The molecular formula is C3H5NS. The maximum atomic E-state index is 4.67. The Labute approximate surface area is 36.4 Å². The van der Waals surface area contributed by atoms with Crippen molar-refractivity contribution < 1.29 is 0 Å². The van der Waals surface area contributed by atoms with Crippen LogP contribution in [0.2, 0.25) is 0 Å². The summed E-state index contributed by atoms with van der Waals surface area (Å²) in [7, 11) is 0. The summed E-state index contributed by atoms with van der Waals surface area (Å²) in [5.41, 5.74) is 0. The Morgan fingerprint density at radius 1 is 1.80 bits per heavy atom. The molecule has 1 N–H and O–H groups in total. The van der Waals surface area contributed by atoms with E-state index in [0.29, 0.717) is 0 Å². The molecule has 1 aliphatic heterocycles. The molecule has 0 aromatic heterocycles. The normalized spacial score (nSPS) is 20.4. The standard InChI is InChI=1S/C3H5NS/c5-3-1-2-4-3/h1-2H2,(H,4,5). The number of rotatable bonds is 0. The van der Waals surface area contributed by atoms with Crippen LogP contribution in [0.3, 0.4) is 0 Å². The van der Waals surface area contributed by atoms with Gasteiger partial charge in [0.15, 0.2) is 0 Å². The zero-order valence-electron chi connectivity index (χ0n) is 2.82. The van der Waals surface area contributed by atoms with Crippen LogP contribution in [0.5, 0.6) is 0 Å². The first-order chi connectivity index (χ1) is 2.39. The molecule has 28 valence electrons. The fourth-order valence-electron chi connectivity index (χ4n) is 0.227. The minimum atomic E-state index is 1.02. The van der Waals surface area contributed by atoms with Gasteiger partial charge < -0.3 is 5.32 Å². The minimum Gasteiger partial charge on any atom is -0.379 e. The van der Waals surface area contributed by atoms with Crippen LogP contribution in [0.1, 0.15) is 6.42 Å². The van der Waals surface area contributed by atoms with Crippen LogP contribution in [-0.4, -0.2) is 11.5 Å². The van der Waals surface area contributed by atoms with Gasteiger partial charge in [0.2, 0.25) is 0 Å². The van der Waals surface area contributed by atoms with Crippen molar-refractivity contribution in [3.05, 3.63) is 0 Å². The van der Waals surface area contributed by atoms with Crippen LogP contribution in [0.15, 0.2) is 0 Å². The Morgan fingerprint density at radius 3 is 2.20 bits per heavy atom. The van der Waals surface area contributed by atoms with Gasteiger partial charge in [-0.3, -0.25) is 0 Å². The molecule has 0 bridgehead atoms. The molecule has 0 unspecified atom stereocenters. The molecule has 0 atom stereocenters. The van der Waals surface area contributed by atoms with Gasteiger partial charge in [-0.2, -0.15) is 0 Å². The monoisotopic (exact) mass is 87.0 g/mol. The predicted molar refractivity (Wildman–Crippen MR) is 25.2 cm³/mol. The van der Waals surface area contributed by atoms with Crippen LogP contribution in [0, 0.1) is 0 Å². The van der Waals surface area contributed by atoms with Crippen molar-refractivity contribution in [2.24, 2.45) is 0 Å². The van der Waals surface area contributed by atoms with Gasteiger partial charge in [-0.1, -0.05) is 12.2 Å². The van der Waals surface area contributed by atoms with Gasteiger partial charge in [0.05, 0.1) is 4.99 Å². The smallest absolute Gasteiger partial charge is 0.0771 e. The van der Waals surface area contributed by atoms with Crippen molar-refractivity contribution in [2.75, 3.05) is 6.54 Å². The maximum absolute atomic E-state index is 4.67. The summed E-state index contributed by atoms with van der Waals surface area (Å²) in [4.78, 5) is 1.02. The van der Waals surface area contributed by atoms with Crippen molar-refractivity contribution in [3.8, 4) is 0 Å². The van der Waals surface area contributed by atoms with Crippen molar-refractivity contribution in [1.82, 2.24) is 5.32 Å². The largest absolute Gasteiger partial charge is 0.379 e. The van der Waals surface area contributed by atoms with Crippen LogP contribution in [0.4, 0.5) is 0 Å². The lowest BCUT2D eigenvalue weighted by Crippen LogP contribution is -2.35. The average Bonchev–Trinajstić information content (AvgIpc) is 1.30. The fourth-order valence-corrected chi connectivity index (χ4v) is 0.431. The zero-order valence-corrected chi connectivity index (χ0v) is 3.64. The summed E-state index contributed by atoms with van der Waals surface area (Å²) in [6.07, 6.45) is 1.11. The number of hydrogen-bond donors (Lipinski definition) is 1. The van der Waals surface area contributed by atoms with Crippen molar-refractivity contribution in [2.45, 2.75) is 6.42 Å². The summed E-state index contributed by atoms with van der Waals surface area (Å²) >= 11 is 4.67. The number of thiocarbonyl (C=S) groups is 1. The second-order valence-electron chi connectivity index (χ2n) is 1.10. The Morgan fingerprint density at radius 2 is 2.20 bits per heavy atom. The van der Waals surface area contributed by atoms with E-state index in [1.54, 1.807) is 0 Å². The summed E-state index contributed by atoms with van der Waals surface area (Å²) in [6.45, 7) is 1.10. The summed E-state index contributed by atoms with van der Waals surface area (Å²) < 4.78 is 0. The molecule has 0 aliphatic carbocycles. The van der Waals surface area contributed by atoms with Gasteiger partial charge in [0, 0.05) is 13.0 Å². The zero-order chi connectivity index (χ0) is 3.70. The average molecular weight is 87.1 g/mol. The lowest BCUT2D eigenvalue weighted by molar-refractivity contribution is 0.808. The highest BCUT2D eigenvalue weighted by atomic mass is 32.1. The SMILES string of the molecule is S=C1CCN1. The van der Waals surface area contributed by atoms with E-state index >= 15 is 0 Å². The first-order valence-corrected chi connectivity index (χ1v) is 2.07. The van der Waals surface area contributed by atoms with E-state index in [-0.39, 0.29) is 0 Å². The molecular weight excluding hydrogens is 82.1 g/mol. The highest BCUT2D eigenvalue weighted by molar-refractivity contribution is 7.80. The van der Waals surface area contributed by atoms with E-state index < -0.39 is 0 Å². The Bertz CT molecular complexity index is 53.9. The van der Waals surface area contributed by atoms with Gasteiger partial charge in [-0.25, -0.2) is 0 Å². The molecule has 0 aromatic rings. The molecule has 0 saturated carbocycles. The van der Waals surface area contributed by atoms with E-state index in [2.05, 4.69) is 17.5 Å². The summed E-state index contributed by atoms with van der Waals surface area (Å²) in [5, 5.41) is 2.94. The Kier molecular flexibility index (Phi) is 0.580. The van der Waals surface area contributed by atoms with E-state index in [4.69, 9.17) is 0 Å².